The number of primary amides is 3. The monoisotopic (exact) mass is 1300 g/mol. The van der Waals surface area contributed by atoms with E-state index in [2.05, 4.69) is 62.5 Å². The molecule has 3 rings (SSSR count). The normalized spacial score (nSPS) is 14.2. The van der Waals surface area contributed by atoms with Gasteiger partial charge in [0.25, 0.3) is 0 Å². The molecule has 3 aromatic rings. The Kier molecular flexibility index (Phi) is 32.8. The van der Waals surface area contributed by atoms with Gasteiger partial charge in [-0.05, 0) is 81.4 Å². The first-order chi connectivity index (χ1) is 44.0. The Balaban J connectivity index is 2.05. The summed E-state index contributed by atoms with van der Waals surface area (Å²) in [7, 11) is 0. The van der Waals surface area contributed by atoms with Crippen molar-refractivity contribution in [1.29, 1.82) is 0 Å². The van der Waals surface area contributed by atoms with Crippen molar-refractivity contribution in [3.05, 3.63) is 71.9 Å². The lowest BCUT2D eigenvalue weighted by Gasteiger charge is -2.29. The van der Waals surface area contributed by atoms with Gasteiger partial charge in [-0.3, -0.25) is 72.5 Å². The number of aliphatic imine (C=N–C) groups is 3. The van der Waals surface area contributed by atoms with Crippen molar-refractivity contribution in [1.82, 2.24) is 47.5 Å². The predicted molar refractivity (Wildman–Crippen MR) is 347 cm³/mol. The maximum atomic E-state index is 15.1. The number of nitrogens with two attached hydrogens (primary N) is 9. The third-order valence-corrected chi connectivity index (χ3v) is 15.0. The highest BCUT2D eigenvalue weighted by Crippen LogP contribution is 2.21. The van der Waals surface area contributed by atoms with Gasteiger partial charge < -0.3 is 99.1 Å². The lowest BCUT2D eigenvalue weighted by Crippen LogP contribution is -2.61. The molecule has 0 fully saturated rings. The Morgan fingerprint density at radius 1 is 0.441 bits per heavy atom. The Morgan fingerprint density at radius 2 is 0.849 bits per heavy atom. The highest BCUT2D eigenvalue weighted by molar-refractivity contribution is 6.00. The highest BCUT2D eigenvalue weighted by Gasteiger charge is 2.37. The van der Waals surface area contributed by atoms with Crippen LogP contribution in [0.5, 0.6) is 0 Å². The second-order valence-corrected chi connectivity index (χ2v) is 22.6. The molecule has 0 saturated heterocycles. The number of carbonyl (C=O) groups excluding carboxylic acids is 12. The maximum absolute atomic E-state index is 15.1. The van der Waals surface area contributed by atoms with Crippen molar-refractivity contribution in [2.24, 2.45) is 78.4 Å². The average molecular weight is 1300 g/mol. The van der Waals surface area contributed by atoms with Gasteiger partial charge in [0.05, 0.1) is 12.5 Å². The predicted octanol–water partition coefficient (Wildman–Crippen LogP) is -4.33. The Bertz CT molecular complexity index is 3140. The lowest BCUT2D eigenvalue weighted by atomic mass is 9.96. The summed E-state index contributed by atoms with van der Waals surface area (Å²) in [6.45, 7) is 6.68. The molecule has 0 bridgehead atoms. The number of hydrogen-bond acceptors (Lipinski definition) is 15. The van der Waals surface area contributed by atoms with E-state index < -0.39 is 150 Å². The van der Waals surface area contributed by atoms with Gasteiger partial charge in [-0.2, -0.15) is 0 Å². The van der Waals surface area contributed by atoms with Gasteiger partial charge in [-0.15, -0.1) is 0 Å². The summed E-state index contributed by atoms with van der Waals surface area (Å²) in [5, 5.41) is 21.6. The van der Waals surface area contributed by atoms with Crippen molar-refractivity contribution >= 4 is 99.5 Å². The van der Waals surface area contributed by atoms with E-state index in [1.165, 1.54) is 6.92 Å². The zero-order valence-corrected chi connectivity index (χ0v) is 53.0. The van der Waals surface area contributed by atoms with Crippen LogP contribution in [0.3, 0.4) is 0 Å². The molecule has 1 unspecified atom stereocenters. The van der Waals surface area contributed by atoms with Gasteiger partial charge >= 0.3 is 0 Å². The molecule has 33 nitrogen and oxygen atoms in total. The molecule has 0 aliphatic carbocycles. The number of carbonyl (C=O) groups is 12. The van der Waals surface area contributed by atoms with Crippen molar-refractivity contribution in [2.75, 3.05) is 19.6 Å². The van der Waals surface area contributed by atoms with E-state index in [1.807, 2.05) is 0 Å². The smallest absolute Gasteiger partial charge is 0.243 e. The largest absolute Gasteiger partial charge is 0.370 e. The number of benzene rings is 2. The van der Waals surface area contributed by atoms with Crippen LogP contribution < -0.4 is 94.1 Å². The van der Waals surface area contributed by atoms with E-state index in [1.54, 1.807) is 81.6 Å². The van der Waals surface area contributed by atoms with Crippen LogP contribution in [-0.2, 0) is 70.4 Å². The molecule has 93 heavy (non-hydrogen) atoms. The number of guanidine groups is 3. The summed E-state index contributed by atoms with van der Waals surface area (Å²) in [6.07, 6.45) is 0.189. The molecule has 0 saturated carbocycles. The summed E-state index contributed by atoms with van der Waals surface area (Å²) < 4.78 is 0. The molecule has 0 spiro atoms. The standard InChI is InChI=1S/C60H93N21O12/c1-5-32(2)49(81-53(89)42(22-24-47(62)84)75-50(86)33(3)14-11-25-70-58(64)65)57(93)80-44(29-36-31-73-39-18-10-9-17-37(36)39)55(91)78-43(28-35-15-7-6-8-16-35)54(90)77-41(21-23-46(61)83)52(88)79-45(30-48(63)85)56(92)76-40(20-13-27-72-60(68)69)51(87)74-38(34(4)82)19-12-26-71-59(66)67/h6-10,15-18,31-33,38,40-45,49,73H,5,11-14,19-30H2,1-4H3,(H2,61,83)(H2,62,84)(H2,63,85)(H,74,87)(H,75,86)(H,76,92)(H,77,90)(H,78,91)(H,79,88)(H,80,93)(H,81,89)(H4,64,65,70)(H4,66,67,71)(H4,68,69,72)/t32?,33-,38-,40-,41-,42-,43-,44-,45-,49-/m0/s1. The number of amides is 11. The van der Waals surface area contributed by atoms with Crippen molar-refractivity contribution in [3.63, 3.8) is 0 Å². The van der Waals surface area contributed by atoms with E-state index in [0.717, 1.165) is 0 Å². The fraction of sp³-hybridized carbons (Fsp3) is 0.517. The molecule has 10 atom stereocenters. The number of Topliss-reactive ketones (excluding diaryl/α,β-unsaturated/α-hetero) is 1. The number of fused-ring (bicyclic) bond motifs is 1. The van der Waals surface area contributed by atoms with E-state index in [9.17, 15) is 52.7 Å². The average Bonchev–Trinajstić information content (AvgIpc) is 1.79. The summed E-state index contributed by atoms with van der Waals surface area (Å²) in [6, 6.07) is 3.62. The number of nitrogens with zero attached hydrogens (tertiary/aromatic N) is 3. The topological polar surface area (TPSA) is 588 Å². The Hall–Kier alpha value is -10.4. The molecule has 27 N–H and O–H groups in total. The molecular weight excluding hydrogens is 1210 g/mol. The summed E-state index contributed by atoms with van der Waals surface area (Å²) in [4.78, 5) is 179. The van der Waals surface area contributed by atoms with E-state index in [0.29, 0.717) is 41.3 Å². The molecular formula is C60H93N21O12. The van der Waals surface area contributed by atoms with Crippen molar-refractivity contribution in [2.45, 2.75) is 166 Å². The molecule has 33 heteroatoms. The molecule has 0 aliphatic heterocycles. The molecule has 11 amide bonds. The lowest BCUT2D eigenvalue weighted by molar-refractivity contribution is -0.137. The third-order valence-electron chi connectivity index (χ3n) is 15.0. The van der Waals surface area contributed by atoms with E-state index >= 15 is 4.79 Å². The van der Waals surface area contributed by atoms with Gasteiger partial charge in [0.15, 0.2) is 23.7 Å². The second kappa shape index (κ2) is 39.7. The van der Waals surface area contributed by atoms with Crippen molar-refractivity contribution in [3.8, 4) is 0 Å². The zero-order valence-electron chi connectivity index (χ0n) is 53.0. The van der Waals surface area contributed by atoms with Crippen LogP contribution in [-0.4, -0.2) is 162 Å². The van der Waals surface area contributed by atoms with Gasteiger partial charge in [-0.25, -0.2) is 0 Å². The fourth-order valence-electron chi connectivity index (χ4n) is 9.59. The van der Waals surface area contributed by atoms with E-state index in [-0.39, 0.29) is 88.9 Å². The first-order valence-electron chi connectivity index (χ1n) is 30.5. The zero-order chi connectivity index (χ0) is 69.3. The Labute approximate surface area is 538 Å². The van der Waals surface area contributed by atoms with E-state index in [4.69, 9.17) is 51.6 Å². The highest BCUT2D eigenvalue weighted by atomic mass is 16.2. The summed E-state index contributed by atoms with van der Waals surface area (Å²) >= 11 is 0. The van der Waals surface area contributed by atoms with Crippen LogP contribution in [0.25, 0.3) is 10.9 Å². The van der Waals surface area contributed by atoms with Crippen LogP contribution in [0.2, 0.25) is 0 Å². The quantitative estimate of drug-likeness (QED) is 0.0145. The minimum absolute atomic E-state index is 0.000154. The minimum atomic E-state index is -1.83. The number of para-hydroxylation sites is 1. The fourth-order valence-corrected chi connectivity index (χ4v) is 9.59. The maximum Gasteiger partial charge on any atom is 0.243 e. The van der Waals surface area contributed by atoms with Gasteiger partial charge in [0.2, 0.25) is 65.0 Å². The van der Waals surface area contributed by atoms with Crippen LogP contribution in [0, 0.1) is 11.8 Å². The van der Waals surface area contributed by atoms with Crippen LogP contribution in [0.1, 0.15) is 116 Å². The van der Waals surface area contributed by atoms with Gasteiger partial charge in [0, 0.05) is 68.3 Å². The SMILES string of the molecule is CCC(C)[C@H](NC(=O)[C@H](CCC(N)=O)NC(=O)[C@@H](C)CCCN=C(N)N)C(=O)N[C@@H](Cc1c[nH]c2ccccc12)C(=O)N[C@@H](Cc1ccccc1)C(=O)N[C@@H](CCC(N)=O)C(=O)N[C@@H](CC(N)=O)C(=O)N[C@@H](CCCN=C(N)N)C(=O)N[C@@H](CCCN=C(N)N)C(C)=O. The van der Waals surface area contributed by atoms with Crippen LogP contribution >= 0.6 is 0 Å². The molecule has 2 aromatic carbocycles. The Morgan fingerprint density at radius 3 is 1.35 bits per heavy atom. The molecule has 1 aromatic heterocycles. The number of nitrogens with one attached hydrogen (secondary N) is 9. The summed E-state index contributed by atoms with van der Waals surface area (Å²) in [5.41, 5.74) is 50.9. The van der Waals surface area contributed by atoms with Gasteiger partial charge in [0.1, 0.15) is 42.3 Å². The number of H-pyrrole nitrogens is 1. The van der Waals surface area contributed by atoms with Gasteiger partial charge in [-0.1, -0.05) is 75.7 Å². The third kappa shape index (κ3) is 28.6. The number of ketones is 1. The minimum Gasteiger partial charge on any atom is -0.370 e. The molecule has 510 valence electrons. The number of hydrogen-bond donors (Lipinski definition) is 18. The molecule has 0 aliphatic rings. The van der Waals surface area contributed by atoms with Crippen LogP contribution in [0.15, 0.2) is 75.8 Å². The molecule has 0 radical (unpaired) electrons. The number of aromatic nitrogens is 1. The molecule has 1 heterocycles. The van der Waals surface area contributed by atoms with Crippen molar-refractivity contribution < 1.29 is 57.5 Å². The first-order valence-corrected chi connectivity index (χ1v) is 30.5. The first kappa shape index (κ1) is 76.9. The second-order valence-electron chi connectivity index (χ2n) is 22.6. The number of rotatable bonds is 43. The number of aromatic amines is 1. The summed E-state index contributed by atoms with van der Waals surface area (Å²) in [5.74, 6) is -12.3. The van der Waals surface area contributed by atoms with Crippen LogP contribution in [0.4, 0.5) is 0 Å².